The number of hydrogen-bond donors (Lipinski definition) is 0. The van der Waals surface area contributed by atoms with Gasteiger partial charge in [-0.2, -0.15) is 0 Å². The fraction of sp³-hybridized carbons (Fsp3) is 0.0714. The summed E-state index contributed by atoms with van der Waals surface area (Å²) in [7, 11) is 0. The molecule has 0 saturated carbocycles. The minimum absolute atomic E-state index is 0.630. The predicted octanol–water partition coefficient (Wildman–Crippen LogP) is 4.64. The Balaban J connectivity index is 2.55. The van der Waals surface area contributed by atoms with Gasteiger partial charge in [0.25, 0.3) is 0 Å². The van der Waals surface area contributed by atoms with Gasteiger partial charge < -0.3 is 0 Å². The standard InChI is InChI=1S/C14H10N4/c1-9-8-13(17-18-15)12-7-6-10-4-2-3-5-11(10)14(12)16-9/h2-8H,1H3. The van der Waals surface area contributed by atoms with Crippen molar-refractivity contribution >= 4 is 27.4 Å². The Labute approximate surface area is 104 Å². The van der Waals surface area contributed by atoms with Crippen LogP contribution in [-0.4, -0.2) is 4.98 Å². The van der Waals surface area contributed by atoms with Gasteiger partial charge >= 0.3 is 0 Å². The quantitative estimate of drug-likeness (QED) is 0.262. The number of pyridine rings is 1. The molecule has 1 aromatic heterocycles. The molecule has 0 aliphatic heterocycles. The monoisotopic (exact) mass is 234 g/mol. The first-order valence-corrected chi connectivity index (χ1v) is 5.64. The van der Waals surface area contributed by atoms with Gasteiger partial charge in [-0.3, -0.25) is 4.98 Å². The third kappa shape index (κ3) is 1.56. The van der Waals surface area contributed by atoms with E-state index < -0.39 is 0 Å². The highest BCUT2D eigenvalue weighted by atomic mass is 15.1. The van der Waals surface area contributed by atoms with Crippen molar-refractivity contribution in [3.63, 3.8) is 0 Å². The lowest BCUT2D eigenvalue weighted by Gasteiger charge is -2.06. The van der Waals surface area contributed by atoms with Gasteiger partial charge in [0.15, 0.2) is 0 Å². The molecule has 1 heterocycles. The number of fused-ring (bicyclic) bond motifs is 3. The van der Waals surface area contributed by atoms with Gasteiger partial charge in [0, 0.05) is 27.1 Å². The smallest absolute Gasteiger partial charge is 0.0788 e. The molecule has 0 aliphatic carbocycles. The Morgan fingerprint density at radius 2 is 1.94 bits per heavy atom. The summed E-state index contributed by atoms with van der Waals surface area (Å²) < 4.78 is 0. The molecule has 0 fully saturated rings. The molecule has 0 atom stereocenters. The van der Waals surface area contributed by atoms with E-state index >= 15 is 0 Å². The molecular weight excluding hydrogens is 224 g/mol. The second-order valence-corrected chi connectivity index (χ2v) is 4.16. The number of hydrogen-bond acceptors (Lipinski definition) is 2. The van der Waals surface area contributed by atoms with Crippen molar-refractivity contribution in [2.24, 2.45) is 5.11 Å². The van der Waals surface area contributed by atoms with Crippen LogP contribution in [-0.2, 0) is 0 Å². The van der Waals surface area contributed by atoms with Gasteiger partial charge in [0.1, 0.15) is 0 Å². The largest absolute Gasteiger partial charge is 0.252 e. The molecule has 0 spiro atoms. The number of nitrogens with zero attached hydrogens (tertiary/aromatic N) is 4. The molecule has 3 rings (SSSR count). The van der Waals surface area contributed by atoms with E-state index in [9.17, 15) is 0 Å². The Morgan fingerprint density at radius 1 is 1.11 bits per heavy atom. The third-order valence-electron chi connectivity index (χ3n) is 2.96. The van der Waals surface area contributed by atoms with E-state index in [-0.39, 0.29) is 0 Å². The maximum absolute atomic E-state index is 8.62. The van der Waals surface area contributed by atoms with Gasteiger partial charge in [0.05, 0.1) is 5.52 Å². The van der Waals surface area contributed by atoms with Gasteiger partial charge in [-0.15, -0.1) is 0 Å². The number of rotatable bonds is 1. The summed E-state index contributed by atoms with van der Waals surface area (Å²) in [4.78, 5) is 7.44. The zero-order valence-electron chi connectivity index (χ0n) is 9.83. The Morgan fingerprint density at radius 3 is 2.78 bits per heavy atom. The molecule has 2 aromatic carbocycles. The van der Waals surface area contributed by atoms with Gasteiger partial charge in [-0.1, -0.05) is 41.5 Å². The molecule has 0 saturated heterocycles. The van der Waals surface area contributed by atoms with E-state index in [1.54, 1.807) is 6.07 Å². The van der Waals surface area contributed by atoms with E-state index in [0.717, 1.165) is 27.4 Å². The van der Waals surface area contributed by atoms with Crippen molar-refractivity contribution in [1.82, 2.24) is 4.98 Å². The van der Waals surface area contributed by atoms with Crippen LogP contribution in [0.3, 0.4) is 0 Å². The fourth-order valence-corrected chi connectivity index (χ4v) is 2.20. The van der Waals surface area contributed by atoms with Crippen molar-refractivity contribution < 1.29 is 0 Å². The number of azide groups is 1. The molecule has 4 nitrogen and oxygen atoms in total. The van der Waals surface area contributed by atoms with Crippen molar-refractivity contribution in [2.45, 2.75) is 6.92 Å². The van der Waals surface area contributed by atoms with E-state index in [1.807, 2.05) is 43.3 Å². The van der Waals surface area contributed by atoms with Crippen LogP contribution in [0.15, 0.2) is 47.6 Å². The van der Waals surface area contributed by atoms with Crippen LogP contribution in [0, 0.1) is 6.92 Å². The summed E-state index contributed by atoms with van der Waals surface area (Å²) in [5.41, 5.74) is 11.0. The Kier molecular flexibility index (Phi) is 2.36. The first-order chi connectivity index (χ1) is 8.79. The maximum atomic E-state index is 8.62. The molecule has 0 amide bonds. The van der Waals surface area contributed by atoms with Crippen molar-refractivity contribution in [2.75, 3.05) is 0 Å². The predicted molar refractivity (Wildman–Crippen MR) is 72.8 cm³/mol. The van der Waals surface area contributed by atoms with Crippen molar-refractivity contribution in [3.8, 4) is 0 Å². The molecular formula is C14H10N4. The number of benzene rings is 2. The van der Waals surface area contributed by atoms with Gasteiger partial charge in [0.2, 0.25) is 0 Å². The third-order valence-corrected chi connectivity index (χ3v) is 2.96. The molecule has 0 aliphatic rings. The minimum Gasteiger partial charge on any atom is -0.252 e. The van der Waals surface area contributed by atoms with Crippen LogP contribution in [0.2, 0.25) is 0 Å². The first kappa shape index (κ1) is 10.6. The summed E-state index contributed by atoms with van der Waals surface area (Å²) in [6.45, 7) is 1.90. The van der Waals surface area contributed by atoms with E-state index in [4.69, 9.17) is 5.53 Å². The SMILES string of the molecule is Cc1cc(N=[N+]=[N-])c2ccc3ccccc3c2n1. The zero-order chi connectivity index (χ0) is 12.5. The molecule has 3 aromatic rings. The summed E-state index contributed by atoms with van der Waals surface area (Å²) >= 11 is 0. The first-order valence-electron chi connectivity index (χ1n) is 5.64. The molecule has 0 N–H and O–H groups in total. The minimum atomic E-state index is 0.630. The van der Waals surface area contributed by atoms with Crippen molar-refractivity contribution in [1.29, 1.82) is 0 Å². The molecule has 4 heteroatoms. The number of aryl methyl sites for hydroxylation is 1. The lowest BCUT2D eigenvalue weighted by molar-refractivity contribution is 1.25. The molecule has 86 valence electrons. The summed E-state index contributed by atoms with van der Waals surface area (Å²) in [6, 6.07) is 13.8. The average Bonchev–Trinajstić information content (AvgIpc) is 2.39. The van der Waals surface area contributed by atoms with Gasteiger partial charge in [-0.05, 0) is 23.9 Å². The van der Waals surface area contributed by atoms with Crippen LogP contribution in [0.4, 0.5) is 5.69 Å². The molecule has 0 radical (unpaired) electrons. The Hall–Kier alpha value is -2.58. The van der Waals surface area contributed by atoms with Crippen LogP contribution < -0.4 is 0 Å². The highest BCUT2D eigenvalue weighted by Gasteiger charge is 2.06. The highest BCUT2D eigenvalue weighted by Crippen LogP contribution is 2.31. The van der Waals surface area contributed by atoms with E-state index in [0.29, 0.717) is 5.69 Å². The van der Waals surface area contributed by atoms with Crippen LogP contribution in [0.1, 0.15) is 5.69 Å². The summed E-state index contributed by atoms with van der Waals surface area (Å²) in [5.74, 6) is 0. The highest BCUT2D eigenvalue weighted by molar-refractivity contribution is 6.08. The Bertz CT molecular complexity index is 801. The average molecular weight is 234 g/mol. The summed E-state index contributed by atoms with van der Waals surface area (Å²) in [5, 5.41) is 6.84. The van der Waals surface area contributed by atoms with Crippen LogP contribution in [0.25, 0.3) is 32.1 Å². The van der Waals surface area contributed by atoms with Crippen LogP contribution in [0.5, 0.6) is 0 Å². The second-order valence-electron chi connectivity index (χ2n) is 4.16. The lowest BCUT2D eigenvalue weighted by atomic mass is 10.0. The topological polar surface area (TPSA) is 61.7 Å². The van der Waals surface area contributed by atoms with Crippen LogP contribution >= 0.6 is 0 Å². The number of aromatic nitrogens is 1. The lowest BCUT2D eigenvalue weighted by Crippen LogP contribution is -1.86. The summed E-state index contributed by atoms with van der Waals surface area (Å²) in [6.07, 6.45) is 0. The second kappa shape index (κ2) is 4.02. The normalized spacial score (nSPS) is 10.5. The van der Waals surface area contributed by atoms with E-state index in [2.05, 4.69) is 15.0 Å². The fourth-order valence-electron chi connectivity index (χ4n) is 2.20. The van der Waals surface area contributed by atoms with E-state index in [1.165, 1.54) is 0 Å². The molecule has 18 heavy (non-hydrogen) atoms. The zero-order valence-corrected chi connectivity index (χ0v) is 9.83. The van der Waals surface area contributed by atoms with Crippen molar-refractivity contribution in [3.05, 3.63) is 58.6 Å². The molecule has 0 unspecified atom stereocenters. The molecule has 0 bridgehead atoms. The van der Waals surface area contributed by atoms with Gasteiger partial charge in [-0.25, -0.2) is 0 Å². The maximum Gasteiger partial charge on any atom is 0.0788 e.